The molecule has 0 N–H and O–H groups in total. The summed E-state index contributed by atoms with van der Waals surface area (Å²) >= 11 is 0. The summed E-state index contributed by atoms with van der Waals surface area (Å²) in [4.78, 5) is 47.2. The second-order valence-electron chi connectivity index (χ2n) is 3.99. The summed E-state index contributed by atoms with van der Waals surface area (Å²) in [5, 5.41) is 0. The smallest absolute Gasteiger partial charge is 0.332 e. The number of carbonyl (C=O) groups excluding carboxylic acids is 2. The summed E-state index contributed by atoms with van der Waals surface area (Å²) in [6, 6.07) is 0. The lowest BCUT2D eigenvalue weighted by Gasteiger charge is -2.22. The molecule has 0 saturated carbocycles. The normalized spacial score (nSPS) is 10.1. The van der Waals surface area contributed by atoms with E-state index in [1.165, 1.54) is 33.2 Å². The number of carbonyl (C=O) groups is 2. The third-order valence-electron chi connectivity index (χ3n) is 2.74. The number of methoxy groups -OCH3 is 1. The van der Waals surface area contributed by atoms with Crippen molar-refractivity contribution in [1.29, 1.82) is 0 Å². The Morgan fingerprint density at radius 3 is 2.37 bits per heavy atom. The van der Waals surface area contributed by atoms with Gasteiger partial charge in [0.1, 0.15) is 17.9 Å². The molecule has 0 aliphatic rings. The molecule has 1 aromatic rings. The van der Waals surface area contributed by atoms with Crippen LogP contribution < -0.4 is 16.1 Å². The van der Waals surface area contributed by atoms with E-state index in [-0.39, 0.29) is 17.9 Å². The molecule has 0 bridgehead atoms. The van der Waals surface area contributed by atoms with Gasteiger partial charge in [-0.05, 0) is 0 Å². The molecule has 0 fully saturated rings. The fourth-order valence-corrected chi connectivity index (χ4v) is 1.76. The topological polar surface area (TPSA) is 90.6 Å². The minimum absolute atomic E-state index is 0.0773. The van der Waals surface area contributed by atoms with Gasteiger partial charge in [-0.2, -0.15) is 0 Å². The zero-order chi connectivity index (χ0) is 14.7. The summed E-state index contributed by atoms with van der Waals surface area (Å²) in [7, 11) is 5.40. The quantitative estimate of drug-likeness (QED) is 0.488. The van der Waals surface area contributed by atoms with Gasteiger partial charge in [-0.25, -0.2) is 4.79 Å². The van der Waals surface area contributed by atoms with Crippen molar-refractivity contribution in [3.63, 3.8) is 0 Å². The summed E-state index contributed by atoms with van der Waals surface area (Å²) in [5.41, 5.74) is -1.47. The molecule has 0 aliphatic heterocycles. The SMILES string of the molecule is COC(=O)CN(C)c1c(C=O)c(=O)n(C)c(=O)n1C. The van der Waals surface area contributed by atoms with Crippen LogP contribution in [-0.2, 0) is 23.6 Å². The highest BCUT2D eigenvalue weighted by Gasteiger charge is 2.19. The number of likely N-dealkylation sites (N-methyl/N-ethyl adjacent to an activating group) is 1. The molecule has 1 heterocycles. The molecule has 0 atom stereocenters. The van der Waals surface area contributed by atoms with Crippen LogP contribution in [0, 0.1) is 0 Å². The molecule has 0 aliphatic carbocycles. The van der Waals surface area contributed by atoms with Crippen LogP contribution >= 0.6 is 0 Å². The van der Waals surface area contributed by atoms with Crippen molar-refractivity contribution in [2.75, 3.05) is 25.6 Å². The van der Waals surface area contributed by atoms with E-state index in [1.54, 1.807) is 0 Å². The van der Waals surface area contributed by atoms with E-state index < -0.39 is 17.2 Å². The van der Waals surface area contributed by atoms with E-state index >= 15 is 0 Å². The summed E-state index contributed by atoms with van der Waals surface area (Å²) in [5.74, 6) is -0.471. The van der Waals surface area contributed by atoms with Crippen molar-refractivity contribution >= 4 is 18.1 Å². The van der Waals surface area contributed by atoms with Crippen LogP contribution in [0.2, 0.25) is 0 Å². The molecule has 0 spiro atoms. The van der Waals surface area contributed by atoms with Gasteiger partial charge in [0.15, 0.2) is 6.29 Å². The van der Waals surface area contributed by atoms with Crippen LogP contribution in [0.4, 0.5) is 5.82 Å². The molecule has 8 nitrogen and oxygen atoms in total. The zero-order valence-electron chi connectivity index (χ0n) is 11.2. The zero-order valence-corrected chi connectivity index (χ0v) is 11.2. The summed E-state index contributed by atoms with van der Waals surface area (Å²) in [6.45, 7) is -0.183. The maximum absolute atomic E-state index is 11.8. The fourth-order valence-electron chi connectivity index (χ4n) is 1.76. The lowest BCUT2D eigenvalue weighted by atomic mass is 10.3. The Labute approximate surface area is 108 Å². The number of esters is 1. The highest BCUT2D eigenvalue weighted by Crippen LogP contribution is 2.11. The molecule has 0 saturated heterocycles. The highest BCUT2D eigenvalue weighted by molar-refractivity contribution is 5.84. The van der Waals surface area contributed by atoms with Crippen LogP contribution in [-0.4, -0.2) is 42.1 Å². The third kappa shape index (κ3) is 2.56. The maximum atomic E-state index is 11.8. The molecule has 0 unspecified atom stereocenters. The number of rotatable bonds is 4. The molecular weight excluding hydrogens is 254 g/mol. The fraction of sp³-hybridized carbons (Fsp3) is 0.455. The molecule has 1 rings (SSSR count). The van der Waals surface area contributed by atoms with Crippen molar-refractivity contribution in [3.05, 3.63) is 26.4 Å². The highest BCUT2D eigenvalue weighted by atomic mass is 16.5. The Kier molecular flexibility index (Phi) is 4.26. The van der Waals surface area contributed by atoms with Crippen LogP contribution in [0.15, 0.2) is 9.59 Å². The number of hydrogen-bond donors (Lipinski definition) is 0. The van der Waals surface area contributed by atoms with E-state index in [2.05, 4.69) is 4.74 Å². The second-order valence-corrected chi connectivity index (χ2v) is 3.99. The van der Waals surface area contributed by atoms with Crippen molar-refractivity contribution in [2.24, 2.45) is 14.1 Å². The number of anilines is 1. The van der Waals surface area contributed by atoms with Crippen molar-refractivity contribution in [1.82, 2.24) is 9.13 Å². The molecular formula is C11H15N3O5. The number of nitrogens with zero attached hydrogens (tertiary/aromatic N) is 3. The van der Waals surface area contributed by atoms with Gasteiger partial charge in [-0.15, -0.1) is 0 Å². The van der Waals surface area contributed by atoms with Gasteiger partial charge in [-0.1, -0.05) is 0 Å². The lowest BCUT2D eigenvalue weighted by molar-refractivity contribution is -0.138. The van der Waals surface area contributed by atoms with Gasteiger partial charge >= 0.3 is 11.7 Å². The van der Waals surface area contributed by atoms with E-state index in [0.29, 0.717) is 6.29 Å². The molecule has 8 heteroatoms. The Balaban J connectivity index is 3.50. The van der Waals surface area contributed by atoms with E-state index in [1.807, 2.05) is 0 Å². The number of aromatic nitrogens is 2. The average molecular weight is 269 g/mol. The predicted octanol–water partition coefficient (Wildman–Crippen LogP) is -1.49. The van der Waals surface area contributed by atoms with Gasteiger partial charge in [0.2, 0.25) is 0 Å². The van der Waals surface area contributed by atoms with Crippen molar-refractivity contribution in [2.45, 2.75) is 0 Å². The van der Waals surface area contributed by atoms with Crippen LogP contribution in [0.1, 0.15) is 10.4 Å². The standard InChI is InChI=1S/C11H15N3O5/c1-12(5-8(16)19-4)9-7(6-15)10(17)14(3)11(18)13(9)2/h6H,5H2,1-4H3. The average Bonchev–Trinajstić information content (AvgIpc) is 2.39. The van der Waals surface area contributed by atoms with Gasteiger partial charge in [0.25, 0.3) is 5.56 Å². The molecule has 0 radical (unpaired) electrons. The Morgan fingerprint density at radius 1 is 1.32 bits per heavy atom. The number of ether oxygens (including phenoxy) is 1. The molecule has 0 aromatic carbocycles. The first-order valence-corrected chi connectivity index (χ1v) is 5.38. The number of aldehydes is 1. The molecule has 104 valence electrons. The number of hydrogen-bond acceptors (Lipinski definition) is 6. The van der Waals surface area contributed by atoms with Crippen molar-refractivity contribution < 1.29 is 14.3 Å². The van der Waals surface area contributed by atoms with Crippen LogP contribution in [0.3, 0.4) is 0 Å². The van der Waals surface area contributed by atoms with E-state index in [0.717, 1.165) is 9.13 Å². The van der Waals surface area contributed by atoms with Gasteiger partial charge in [0, 0.05) is 21.1 Å². The van der Waals surface area contributed by atoms with Crippen LogP contribution in [0.25, 0.3) is 0 Å². The molecule has 1 aromatic heterocycles. The summed E-state index contributed by atoms with van der Waals surface area (Å²) < 4.78 is 6.47. The maximum Gasteiger partial charge on any atom is 0.332 e. The first-order chi connectivity index (χ1) is 8.84. The first-order valence-electron chi connectivity index (χ1n) is 5.38. The minimum Gasteiger partial charge on any atom is -0.468 e. The Hall–Kier alpha value is -2.38. The van der Waals surface area contributed by atoms with E-state index in [4.69, 9.17) is 0 Å². The summed E-state index contributed by atoms with van der Waals surface area (Å²) in [6.07, 6.45) is 0.366. The van der Waals surface area contributed by atoms with Crippen LogP contribution in [0.5, 0.6) is 0 Å². The molecule has 19 heavy (non-hydrogen) atoms. The van der Waals surface area contributed by atoms with Gasteiger partial charge in [-0.3, -0.25) is 23.5 Å². The Bertz CT molecular complexity index is 628. The second kappa shape index (κ2) is 5.51. The van der Waals surface area contributed by atoms with Gasteiger partial charge in [0.05, 0.1) is 7.11 Å². The minimum atomic E-state index is -0.704. The van der Waals surface area contributed by atoms with Crippen molar-refractivity contribution in [3.8, 4) is 0 Å². The Morgan fingerprint density at radius 2 is 1.89 bits per heavy atom. The van der Waals surface area contributed by atoms with E-state index in [9.17, 15) is 19.2 Å². The molecule has 0 amide bonds. The predicted molar refractivity (Wildman–Crippen MR) is 67.6 cm³/mol. The van der Waals surface area contributed by atoms with Gasteiger partial charge < -0.3 is 9.64 Å². The monoisotopic (exact) mass is 269 g/mol. The largest absolute Gasteiger partial charge is 0.468 e. The third-order valence-corrected chi connectivity index (χ3v) is 2.74. The lowest BCUT2D eigenvalue weighted by Crippen LogP contribution is -2.43. The first kappa shape index (κ1) is 14.7.